The summed E-state index contributed by atoms with van der Waals surface area (Å²) in [5.41, 5.74) is 4.49. The summed E-state index contributed by atoms with van der Waals surface area (Å²) in [5.74, 6) is 0.856. The fraction of sp³-hybridized carbons (Fsp3) is 0.189. The number of Topliss-reactive ketones (excluding diaryl/α,β-unsaturated/α-hetero) is 1. The number of amidine groups is 1. The molecule has 0 aliphatic carbocycles. The average molecular weight is 652 g/mol. The highest BCUT2D eigenvalue weighted by molar-refractivity contribution is 6.44. The monoisotopic (exact) mass is 650 g/mol. The van der Waals surface area contributed by atoms with Crippen molar-refractivity contribution in [3.8, 4) is 5.75 Å². The second kappa shape index (κ2) is 13.0. The average Bonchev–Trinajstić information content (AvgIpc) is 3.49. The highest BCUT2D eigenvalue weighted by atomic mass is 35.5. The van der Waals surface area contributed by atoms with E-state index >= 15 is 0 Å². The summed E-state index contributed by atoms with van der Waals surface area (Å²) in [4.78, 5) is 17.7. The number of ether oxygens (including phenoxy) is 2. The maximum Gasteiger partial charge on any atom is 0.198 e. The molecule has 232 valence electrons. The third-order valence-electron chi connectivity index (χ3n) is 8.33. The van der Waals surface area contributed by atoms with Crippen molar-refractivity contribution < 1.29 is 14.3 Å². The van der Waals surface area contributed by atoms with Crippen molar-refractivity contribution in [3.05, 3.63) is 130 Å². The van der Waals surface area contributed by atoms with E-state index in [1.54, 1.807) is 19.1 Å². The molecule has 0 amide bonds. The Bertz CT molecular complexity index is 1910. The molecule has 5 aromatic rings. The van der Waals surface area contributed by atoms with E-state index in [-0.39, 0.29) is 12.4 Å². The number of hydrazone groups is 1. The minimum Gasteiger partial charge on any atom is -0.488 e. The van der Waals surface area contributed by atoms with Crippen LogP contribution in [0.1, 0.15) is 24.2 Å². The summed E-state index contributed by atoms with van der Waals surface area (Å²) in [5, 5.41) is 10.0. The molecule has 2 aliphatic heterocycles. The van der Waals surface area contributed by atoms with Crippen LogP contribution in [0.5, 0.6) is 5.75 Å². The van der Waals surface area contributed by atoms with Gasteiger partial charge in [0.1, 0.15) is 12.4 Å². The van der Waals surface area contributed by atoms with Crippen LogP contribution in [-0.4, -0.2) is 37.9 Å². The van der Waals surface area contributed by atoms with Crippen LogP contribution in [0.25, 0.3) is 10.8 Å². The Kier molecular flexibility index (Phi) is 8.54. The van der Waals surface area contributed by atoms with Crippen molar-refractivity contribution in [2.45, 2.75) is 19.7 Å². The lowest BCUT2D eigenvalue weighted by Crippen LogP contribution is -2.38. The number of anilines is 3. The van der Waals surface area contributed by atoms with Crippen LogP contribution in [0.2, 0.25) is 10.0 Å². The van der Waals surface area contributed by atoms with Crippen LogP contribution in [0.15, 0.2) is 114 Å². The predicted octanol–water partition coefficient (Wildman–Crippen LogP) is 8.49. The molecule has 2 heterocycles. The molecule has 7 nitrogen and oxygen atoms in total. The molecule has 1 saturated heterocycles. The first-order valence-electron chi connectivity index (χ1n) is 15.2. The second-order valence-electron chi connectivity index (χ2n) is 11.2. The third-order valence-corrected chi connectivity index (χ3v) is 8.92. The first-order chi connectivity index (χ1) is 22.5. The lowest BCUT2D eigenvalue weighted by molar-refractivity contribution is -0.111. The highest BCUT2D eigenvalue weighted by Gasteiger charge is 2.41. The standard InChI is InChI=1S/C37H32Cl2N4O3/c1-25(44)36-40-43(31-8-3-2-4-9-31)37(42(36)30-16-14-29(15-17-30)41-19-21-45-22-20-41)35-32-10-6-5-7-26(32)12-18-34(35)46-24-27-11-13-28(38)23-33(27)39/h2-18,23,37H,19-22,24H2,1H3/t37-/m0/s1. The fourth-order valence-electron chi connectivity index (χ4n) is 6.07. The maximum atomic E-state index is 13.3. The Labute approximate surface area is 278 Å². The van der Waals surface area contributed by atoms with Crippen molar-refractivity contribution in [1.82, 2.24) is 0 Å². The summed E-state index contributed by atoms with van der Waals surface area (Å²) < 4.78 is 12.1. The van der Waals surface area contributed by atoms with Crippen LogP contribution in [0.4, 0.5) is 17.1 Å². The zero-order valence-corrected chi connectivity index (χ0v) is 26.8. The van der Waals surface area contributed by atoms with E-state index in [1.165, 1.54) is 0 Å². The molecule has 0 spiro atoms. The summed E-state index contributed by atoms with van der Waals surface area (Å²) in [7, 11) is 0. The van der Waals surface area contributed by atoms with Gasteiger partial charge in [0, 0.05) is 52.6 Å². The summed E-state index contributed by atoms with van der Waals surface area (Å²) in [6, 6.07) is 35.8. The fourth-order valence-corrected chi connectivity index (χ4v) is 6.54. The number of para-hydroxylation sites is 1. The van der Waals surface area contributed by atoms with E-state index < -0.39 is 6.17 Å². The van der Waals surface area contributed by atoms with E-state index in [1.807, 2.05) is 70.6 Å². The molecule has 5 aromatic carbocycles. The molecule has 0 N–H and O–H groups in total. The van der Waals surface area contributed by atoms with E-state index in [4.69, 9.17) is 37.8 Å². The van der Waals surface area contributed by atoms with Crippen molar-refractivity contribution in [3.63, 3.8) is 0 Å². The number of rotatable bonds is 8. The number of hydrogen-bond acceptors (Lipinski definition) is 7. The van der Waals surface area contributed by atoms with Crippen LogP contribution in [0.3, 0.4) is 0 Å². The van der Waals surface area contributed by atoms with E-state index in [0.717, 1.165) is 52.1 Å². The molecule has 0 bridgehead atoms. The van der Waals surface area contributed by atoms with Gasteiger partial charge in [-0.3, -0.25) is 9.69 Å². The lowest BCUT2D eigenvalue weighted by Gasteiger charge is -2.34. The van der Waals surface area contributed by atoms with Gasteiger partial charge in [-0.05, 0) is 65.4 Å². The normalized spacial score (nSPS) is 16.5. The quantitative estimate of drug-likeness (QED) is 0.168. The van der Waals surface area contributed by atoms with Crippen molar-refractivity contribution in [2.24, 2.45) is 5.10 Å². The molecule has 0 saturated carbocycles. The van der Waals surface area contributed by atoms with Crippen molar-refractivity contribution >= 4 is 62.7 Å². The molecule has 0 unspecified atom stereocenters. The third kappa shape index (κ3) is 5.89. The number of hydrogen-bond donors (Lipinski definition) is 0. The van der Waals surface area contributed by atoms with Gasteiger partial charge in [0.05, 0.1) is 18.9 Å². The highest BCUT2D eigenvalue weighted by Crippen LogP contribution is 2.45. The topological polar surface area (TPSA) is 57.6 Å². The molecule has 9 heteroatoms. The minimum absolute atomic E-state index is 0.142. The van der Waals surface area contributed by atoms with Crippen LogP contribution >= 0.6 is 23.2 Å². The van der Waals surface area contributed by atoms with Crippen LogP contribution in [0, 0.1) is 0 Å². The van der Waals surface area contributed by atoms with E-state index in [0.29, 0.717) is 34.8 Å². The molecule has 0 radical (unpaired) electrons. The predicted molar refractivity (Wildman–Crippen MR) is 186 cm³/mol. The summed E-state index contributed by atoms with van der Waals surface area (Å²) in [6.07, 6.45) is -0.544. The Balaban J connectivity index is 1.38. The van der Waals surface area contributed by atoms with Crippen molar-refractivity contribution in [1.29, 1.82) is 0 Å². The molecular weight excluding hydrogens is 619 g/mol. The van der Waals surface area contributed by atoms with Crippen molar-refractivity contribution in [2.75, 3.05) is 41.1 Å². The number of carbonyl (C=O) groups excluding carboxylic acids is 1. The maximum absolute atomic E-state index is 13.3. The van der Waals surface area contributed by atoms with Crippen LogP contribution in [-0.2, 0) is 16.1 Å². The number of fused-ring (bicyclic) bond motifs is 1. The SMILES string of the molecule is CC(=O)C1=NN(c2ccccc2)[C@@H](c2c(OCc3ccc(Cl)cc3Cl)ccc3ccccc23)N1c1ccc(N2CCOCC2)cc1. The van der Waals surface area contributed by atoms with Gasteiger partial charge in [0.2, 0.25) is 0 Å². The molecule has 1 atom stereocenters. The van der Waals surface area contributed by atoms with E-state index in [9.17, 15) is 4.79 Å². The van der Waals surface area contributed by atoms with E-state index in [2.05, 4.69) is 41.3 Å². The van der Waals surface area contributed by atoms with Gasteiger partial charge in [-0.25, -0.2) is 5.01 Å². The Morgan fingerprint density at radius 3 is 2.30 bits per heavy atom. The zero-order valence-electron chi connectivity index (χ0n) is 25.3. The molecule has 0 aromatic heterocycles. The van der Waals surface area contributed by atoms with Gasteiger partial charge >= 0.3 is 0 Å². The smallest absolute Gasteiger partial charge is 0.198 e. The van der Waals surface area contributed by atoms with Gasteiger partial charge in [0.25, 0.3) is 0 Å². The largest absolute Gasteiger partial charge is 0.488 e. The number of halogens is 2. The molecule has 46 heavy (non-hydrogen) atoms. The van der Waals surface area contributed by atoms with Gasteiger partial charge in [-0.15, -0.1) is 5.10 Å². The second-order valence-corrected chi connectivity index (χ2v) is 12.1. The molecule has 7 rings (SSSR count). The first-order valence-corrected chi connectivity index (χ1v) is 16.0. The van der Waals surface area contributed by atoms with Gasteiger partial charge in [-0.1, -0.05) is 77.8 Å². The van der Waals surface area contributed by atoms with Gasteiger partial charge < -0.3 is 14.4 Å². The minimum atomic E-state index is -0.544. The number of benzene rings is 5. The number of ketones is 1. The van der Waals surface area contributed by atoms with Crippen LogP contribution < -0.4 is 19.5 Å². The number of morpholine rings is 1. The number of carbonyl (C=O) groups is 1. The molecule has 2 aliphatic rings. The summed E-state index contributed by atoms with van der Waals surface area (Å²) in [6.45, 7) is 4.86. The Hall–Kier alpha value is -4.56. The molecular formula is C37H32Cl2N4O3. The lowest BCUT2D eigenvalue weighted by atomic mass is 9.99. The Morgan fingerprint density at radius 1 is 0.848 bits per heavy atom. The summed E-state index contributed by atoms with van der Waals surface area (Å²) >= 11 is 12.7. The van der Waals surface area contributed by atoms with Gasteiger partial charge in [-0.2, -0.15) is 0 Å². The first kappa shape index (κ1) is 30.1. The Morgan fingerprint density at radius 2 is 1.57 bits per heavy atom. The zero-order chi connectivity index (χ0) is 31.6. The number of nitrogens with zero attached hydrogens (tertiary/aromatic N) is 4. The van der Waals surface area contributed by atoms with Gasteiger partial charge in [0.15, 0.2) is 17.8 Å². The molecule has 1 fully saturated rings.